The van der Waals surface area contributed by atoms with E-state index < -0.39 is 0 Å². The van der Waals surface area contributed by atoms with Gasteiger partial charge in [-0.2, -0.15) is 0 Å². The lowest BCUT2D eigenvalue weighted by atomic mass is 10.1. The minimum Gasteiger partial charge on any atom is -0.508 e. The summed E-state index contributed by atoms with van der Waals surface area (Å²) in [5.74, 6) is 0.989. The Morgan fingerprint density at radius 3 is 2.81 bits per heavy atom. The Bertz CT molecular complexity index is 483. The fraction of sp³-hybridized carbons (Fsp3) is 0.154. The number of benzene rings is 1. The van der Waals surface area contributed by atoms with E-state index in [-0.39, 0.29) is 5.75 Å². The molecule has 0 saturated carbocycles. The van der Waals surface area contributed by atoms with Gasteiger partial charge in [0.15, 0.2) is 0 Å². The molecule has 82 valence electrons. The largest absolute Gasteiger partial charge is 0.508 e. The maximum atomic E-state index is 9.40. The van der Waals surface area contributed by atoms with Crippen molar-refractivity contribution in [1.82, 2.24) is 4.98 Å². The van der Waals surface area contributed by atoms with Gasteiger partial charge in [-0.1, -0.05) is 12.1 Å². The zero-order valence-electron chi connectivity index (χ0n) is 9.05. The van der Waals surface area contributed by atoms with E-state index in [0.29, 0.717) is 6.61 Å². The zero-order chi connectivity index (χ0) is 11.4. The molecule has 0 aliphatic heterocycles. The van der Waals surface area contributed by atoms with Gasteiger partial charge in [-0.25, -0.2) is 0 Å². The Labute approximate surface area is 94.3 Å². The molecule has 0 spiro atoms. The van der Waals surface area contributed by atoms with Crippen LogP contribution in [0.4, 0.5) is 0 Å². The van der Waals surface area contributed by atoms with E-state index in [1.807, 2.05) is 19.1 Å². The predicted octanol–water partition coefficient (Wildman–Crippen LogP) is 2.85. The third kappa shape index (κ3) is 2.31. The molecular weight excluding hydrogens is 202 g/mol. The Balaban J connectivity index is 2.36. The average molecular weight is 215 g/mol. The maximum Gasteiger partial charge on any atom is 0.138 e. The number of aromatic hydroxyl groups is 1. The summed E-state index contributed by atoms with van der Waals surface area (Å²) < 4.78 is 5.37. The Kier molecular flexibility index (Phi) is 3.05. The number of phenols is 1. The summed E-state index contributed by atoms with van der Waals surface area (Å²) in [6.07, 6.45) is 3.42. The van der Waals surface area contributed by atoms with Gasteiger partial charge in [0.2, 0.25) is 0 Å². The molecule has 0 aliphatic rings. The lowest BCUT2D eigenvalue weighted by Gasteiger charge is -2.05. The van der Waals surface area contributed by atoms with Gasteiger partial charge in [-0.3, -0.25) is 4.98 Å². The van der Waals surface area contributed by atoms with Gasteiger partial charge in [0, 0.05) is 11.8 Å². The minimum atomic E-state index is 0.249. The fourth-order valence-electron chi connectivity index (χ4n) is 1.51. The number of hydrogen-bond donors (Lipinski definition) is 1. The number of nitrogens with zero attached hydrogens (tertiary/aromatic N) is 1. The number of hydrogen-bond acceptors (Lipinski definition) is 3. The van der Waals surface area contributed by atoms with E-state index in [4.69, 9.17) is 4.74 Å². The molecular formula is C13H13NO2. The first-order chi connectivity index (χ1) is 7.79. The van der Waals surface area contributed by atoms with E-state index in [1.54, 1.807) is 30.6 Å². The third-order valence-electron chi connectivity index (χ3n) is 2.20. The highest BCUT2D eigenvalue weighted by atomic mass is 16.5. The summed E-state index contributed by atoms with van der Waals surface area (Å²) in [5, 5.41) is 9.40. The van der Waals surface area contributed by atoms with Crippen molar-refractivity contribution in [3.8, 4) is 22.6 Å². The molecule has 0 bridgehead atoms. The van der Waals surface area contributed by atoms with Crippen LogP contribution in [0.2, 0.25) is 0 Å². The molecule has 1 N–H and O–H groups in total. The molecule has 2 aromatic rings. The third-order valence-corrected chi connectivity index (χ3v) is 2.20. The standard InChI is InChI=1S/C13H13NO2/c1-2-16-13-7-11(8-14-9-13)10-4-3-5-12(15)6-10/h3-9,15H,2H2,1H3. The van der Waals surface area contributed by atoms with Crippen LogP contribution in [-0.4, -0.2) is 16.7 Å². The molecule has 0 saturated heterocycles. The first kappa shape index (κ1) is 10.5. The molecule has 0 radical (unpaired) electrons. The van der Waals surface area contributed by atoms with Gasteiger partial charge in [-0.15, -0.1) is 0 Å². The van der Waals surface area contributed by atoms with E-state index in [2.05, 4.69) is 4.98 Å². The molecule has 1 aromatic carbocycles. The molecule has 0 amide bonds. The number of pyridine rings is 1. The van der Waals surface area contributed by atoms with Crippen LogP contribution in [0.5, 0.6) is 11.5 Å². The van der Waals surface area contributed by atoms with Gasteiger partial charge in [0.05, 0.1) is 12.8 Å². The lowest BCUT2D eigenvalue weighted by Crippen LogP contribution is -1.92. The van der Waals surface area contributed by atoms with Crippen LogP contribution in [-0.2, 0) is 0 Å². The SMILES string of the molecule is CCOc1cncc(-c2cccc(O)c2)c1. The Morgan fingerprint density at radius 1 is 1.19 bits per heavy atom. The molecule has 3 heteroatoms. The zero-order valence-corrected chi connectivity index (χ0v) is 9.05. The van der Waals surface area contributed by atoms with Crippen molar-refractivity contribution >= 4 is 0 Å². The van der Waals surface area contributed by atoms with Crippen LogP contribution in [0.25, 0.3) is 11.1 Å². The first-order valence-electron chi connectivity index (χ1n) is 5.17. The van der Waals surface area contributed by atoms with Crippen LogP contribution in [0, 0.1) is 0 Å². The van der Waals surface area contributed by atoms with Gasteiger partial charge in [-0.05, 0) is 30.7 Å². The second kappa shape index (κ2) is 4.66. The second-order valence-electron chi connectivity index (χ2n) is 3.39. The van der Waals surface area contributed by atoms with Crippen molar-refractivity contribution in [3.05, 3.63) is 42.7 Å². The van der Waals surface area contributed by atoms with Crippen LogP contribution >= 0.6 is 0 Å². The van der Waals surface area contributed by atoms with E-state index in [9.17, 15) is 5.11 Å². The van der Waals surface area contributed by atoms with Crippen molar-refractivity contribution in [2.75, 3.05) is 6.61 Å². The predicted molar refractivity (Wildman–Crippen MR) is 62.5 cm³/mol. The van der Waals surface area contributed by atoms with Crippen molar-refractivity contribution in [2.24, 2.45) is 0 Å². The maximum absolute atomic E-state index is 9.40. The lowest BCUT2D eigenvalue weighted by molar-refractivity contribution is 0.339. The van der Waals surface area contributed by atoms with Crippen LogP contribution in [0.3, 0.4) is 0 Å². The average Bonchev–Trinajstić information content (AvgIpc) is 2.30. The summed E-state index contributed by atoms with van der Waals surface area (Å²) in [7, 11) is 0. The topological polar surface area (TPSA) is 42.4 Å². The van der Waals surface area contributed by atoms with Crippen molar-refractivity contribution in [2.45, 2.75) is 6.92 Å². The Hall–Kier alpha value is -2.03. The summed E-state index contributed by atoms with van der Waals surface area (Å²) in [6, 6.07) is 8.98. The highest BCUT2D eigenvalue weighted by Crippen LogP contribution is 2.25. The van der Waals surface area contributed by atoms with Gasteiger partial charge in [0.1, 0.15) is 11.5 Å². The summed E-state index contributed by atoms with van der Waals surface area (Å²) in [5.41, 5.74) is 1.86. The molecule has 0 fully saturated rings. The van der Waals surface area contributed by atoms with Crippen LogP contribution in [0.1, 0.15) is 6.92 Å². The second-order valence-corrected chi connectivity index (χ2v) is 3.39. The highest BCUT2D eigenvalue weighted by Gasteiger charge is 2.01. The Morgan fingerprint density at radius 2 is 2.06 bits per heavy atom. The normalized spacial score (nSPS) is 10.1. The molecule has 1 aromatic heterocycles. The number of aromatic nitrogens is 1. The molecule has 2 rings (SSSR count). The monoisotopic (exact) mass is 215 g/mol. The smallest absolute Gasteiger partial charge is 0.138 e. The molecule has 0 atom stereocenters. The summed E-state index contributed by atoms with van der Waals surface area (Å²) >= 11 is 0. The van der Waals surface area contributed by atoms with Crippen molar-refractivity contribution in [1.29, 1.82) is 0 Å². The van der Waals surface area contributed by atoms with Crippen molar-refractivity contribution in [3.63, 3.8) is 0 Å². The number of phenolic OH excluding ortho intramolecular Hbond substituents is 1. The quantitative estimate of drug-likeness (QED) is 0.856. The summed E-state index contributed by atoms with van der Waals surface area (Å²) in [6.45, 7) is 2.55. The van der Waals surface area contributed by atoms with Crippen molar-refractivity contribution < 1.29 is 9.84 Å². The number of rotatable bonds is 3. The molecule has 0 unspecified atom stereocenters. The van der Waals surface area contributed by atoms with Gasteiger partial charge in [0.25, 0.3) is 0 Å². The van der Waals surface area contributed by atoms with Crippen LogP contribution < -0.4 is 4.74 Å². The first-order valence-corrected chi connectivity index (χ1v) is 5.17. The molecule has 0 aliphatic carbocycles. The van der Waals surface area contributed by atoms with Gasteiger partial charge < -0.3 is 9.84 Å². The van der Waals surface area contributed by atoms with E-state index >= 15 is 0 Å². The summed E-state index contributed by atoms with van der Waals surface area (Å²) in [4.78, 5) is 4.10. The number of ether oxygens (including phenoxy) is 1. The van der Waals surface area contributed by atoms with Crippen LogP contribution in [0.15, 0.2) is 42.7 Å². The molecule has 3 nitrogen and oxygen atoms in total. The highest BCUT2D eigenvalue weighted by molar-refractivity contribution is 5.65. The van der Waals surface area contributed by atoms with E-state index in [1.165, 1.54) is 0 Å². The fourth-order valence-corrected chi connectivity index (χ4v) is 1.51. The van der Waals surface area contributed by atoms with E-state index in [0.717, 1.165) is 16.9 Å². The minimum absolute atomic E-state index is 0.249. The molecule has 16 heavy (non-hydrogen) atoms. The van der Waals surface area contributed by atoms with Gasteiger partial charge >= 0.3 is 0 Å². The molecule has 1 heterocycles.